The number of alkyl halides is 3. The summed E-state index contributed by atoms with van der Waals surface area (Å²) in [5, 5.41) is 0. The number of sulfonamides is 1. The third-order valence-corrected chi connectivity index (χ3v) is 12.9. The number of benzene rings is 3. The summed E-state index contributed by atoms with van der Waals surface area (Å²) in [5.74, 6) is 2.49. The number of rotatable bonds is 11. The summed E-state index contributed by atoms with van der Waals surface area (Å²) in [6.07, 6.45) is 1.33. The molecule has 1 unspecified atom stereocenters. The van der Waals surface area contributed by atoms with E-state index in [-0.39, 0.29) is 17.9 Å². The fourth-order valence-electron chi connectivity index (χ4n) is 3.32. The zero-order chi connectivity index (χ0) is 28.5. The number of hydrogen-bond donors (Lipinski definition) is 1. The van der Waals surface area contributed by atoms with Crippen LogP contribution in [0.2, 0.25) is 0 Å². The van der Waals surface area contributed by atoms with Gasteiger partial charge in [-0.05, 0) is 0 Å². The summed E-state index contributed by atoms with van der Waals surface area (Å²) in [7, 11) is -9.61. The van der Waals surface area contributed by atoms with Gasteiger partial charge in [0.1, 0.15) is 0 Å². The summed E-state index contributed by atoms with van der Waals surface area (Å²) in [6.45, 7) is 1.88. The topological polar surface area (TPSA) is 89.5 Å². The van der Waals surface area contributed by atoms with Crippen LogP contribution in [0.3, 0.4) is 0 Å². The van der Waals surface area contributed by atoms with Gasteiger partial charge in [-0.3, -0.25) is 0 Å². The predicted octanol–water partition coefficient (Wildman–Crippen LogP) is 6.03. The van der Waals surface area contributed by atoms with Crippen molar-refractivity contribution in [2.45, 2.75) is 36.6 Å². The summed E-state index contributed by atoms with van der Waals surface area (Å²) in [4.78, 5) is 0.114. The summed E-state index contributed by atoms with van der Waals surface area (Å²) >= 11 is -3.62. The molecule has 1 atom stereocenters. The monoisotopic (exact) mass is 693 g/mol. The normalized spacial score (nSPS) is 13.3. The molecule has 0 amide bonds. The van der Waals surface area contributed by atoms with Gasteiger partial charge in [-0.15, -0.1) is 0 Å². The molecule has 0 radical (unpaired) electrons. The third-order valence-electron chi connectivity index (χ3n) is 5.45. The van der Waals surface area contributed by atoms with Crippen LogP contribution in [-0.2, 0) is 29.1 Å². The van der Waals surface area contributed by atoms with Crippen LogP contribution >= 0.6 is 20.2 Å². The van der Waals surface area contributed by atoms with Crippen molar-refractivity contribution >= 4 is 40.4 Å². The number of halogens is 4. The molecule has 0 bridgehead atoms. The van der Waals surface area contributed by atoms with Gasteiger partial charge >= 0.3 is 236 Å². The molecule has 3 rings (SSSR count). The molecule has 0 saturated carbocycles. The van der Waals surface area contributed by atoms with Crippen LogP contribution < -0.4 is 4.72 Å². The molecule has 0 aliphatic rings. The zero-order valence-electron chi connectivity index (χ0n) is 20.9. The molecule has 0 saturated heterocycles. The van der Waals surface area contributed by atoms with E-state index < -0.39 is 51.8 Å². The minimum absolute atomic E-state index is 0.0333. The van der Waals surface area contributed by atoms with Crippen molar-refractivity contribution in [3.63, 3.8) is 0 Å². The fourth-order valence-corrected chi connectivity index (χ4v) is 9.74. The second-order valence-corrected chi connectivity index (χ2v) is 16.0. The first kappa shape index (κ1) is 31.1. The van der Waals surface area contributed by atoms with Crippen molar-refractivity contribution in [3.05, 3.63) is 99.6 Å². The summed E-state index contributed by atoms with van der Waals surface area (Å²) in [5.41, 5.74) is -3.64. The van der Waals surface area contributed by atoms with Gasteiger partial charge in [-0.1, -0.05) is 0 Å². The Kier molecular flexibility index (Phi) is 11.0. The average Bonchev–Trinajstić information content (AvgIpc) is 2.89. The SMILES string of the molecule is Cc1ccc(S(=O)(=O)NCCC(C#CI(OS(=O)(=O)C(F)(F)F)c2ccccc2)CCc2ccccc2)cc1. The van der Waals surface area contributed by atoms with E-state index in [4.69, 9.17) is 0 Å². The first-order chi connectivity index (χ1) is 18.4. The first-order valence-electron chi connectivity index (χ1n) is 11.7. The van der Waals surface area contributed by atoms with Crippen molar-refractivity contribution in [3.8, 4) is 9.85 Å². The Balaban J connectivity index is 1.82. The van der Waals surface area contributed by atoms with Crippen LogP contribution in [0.15, 0.2) is 89.8 Å². The van der Waals surface area contributed by atoms with Crippen LogP contribution in [0.4, 0.5) is 13.2 Å². The molecular formula is C27H27F3INO5S2. The maximum atomic E-state index is 13.1. The Labute approximate surface area is 235 Å². The maximum absolute atomic E-state index is 13.1. The number of hydrogen-bond acceptors (Lipinski definition) is 5. The van der Waals surface area contributed by atoms with E-state index >= 15 is 0 Å². The fraction of sp³-hybridized carbons (Fsp3) is 0.259. The third kappa shape index (κ3) is 9.61. The quantitative estimate of drug-likeness (QED) is 0.151. The molecule has 210 valence electrons. The minimum atomic E-state index is -5.84. The number of nitrogens with one attached hydrogen (secondary N) is 1. The van der Waals surface area contributed by atoms with Crippen LogP contribution in [0.5, 0.6) is 0 Å². The van der Waals surface area contributed by atoms with E-state index in [1.807, 2.05) is 37.3 Å². The Morgan fingerprint density at radius 2 is 1.46 bits per heavy atom. The molecule has 0 fully saturated rings. The van der Waals surface area contributed by atoms with Gasteiger partial charge in [0.15, 0.2) is 0 Å². The van der Waals surface area contributed by atoms with E-state index in [1.54, 1.807) is 30.3 Å². The van der Waals surface area contributed by atoms with Crippen molar-refractivity contribution in [1.29, 1.82) is 0 Å². The van der Waals surface area contributed by atoms with E-state index in [2.05, 4.69) is 17.1 Å². The molecule has 0 heterocycles. The molecule has 1 N–H and O–H groups in total. The van der Waals surface area contributed by atoms with Gasteiger partial charge in [-0.2, -0.15) is 0 Å². The van der Waals surface area contributed by atoms with Crippen molar-refractivity contribution in [1.82, 2.24) is 4.72 Å². The molecule has 0 aromatic heterocycles. The average molecular weight is 694 g/mol. The molecule has 6 nitrogen and oxygen atoms in total. The summed E-state index contributed by atoms with van der Waals surface area (Å²) in [6, 6.07) is 23.6. The van der Waals surface area contributed by atoms with Gasteiger partial charge in [0, 0.05) is 0 Å². The molecule has 0 aliphatic carbocycles. The molecule has 12 heteroatoms. The van der Waals surface area contributed by atoms with Crippen LogP contribution in [0.25, 0.3) is 0 Å². The van der Waals surface area contributed by atoms with Gasteiger partial charge in [0.25, 0.3) is 0 Å². The van der Waals surface area contributed by atoms with Crippen LogP contribution in [0, 0.1) is 26.3 Å². The number of aryl methyl sites for hydroxylation is 2. The zero-order valence-corrected chi connectivity index (χ0v) is 24.6. The molecule has 3 aromatic carbocycles. The molecule has 3 aromatic rings. The van der Waals surface area contributed by atoms with E-state index in [1.165, 1.54) is 24.3 Å². The van der Waals surface area contributed by atoms with E-state index in [0.29, 0.717) is 16.4 Å². The predicted molar refractivity (Wildman–Crippen MR) is 152 cm³/mol. The van der Waals surface area contributed by atoms with Crippen molar-refractivity contribution < 1.29 is 32.5 Å². The first-order valence-corrected chi connectivity index (χ1v) is 17.7. The Morgan fingerprint density at radius 1 is 0.872 bits per heavy atom. The second kappa shape index (κ2) is 13.8. The second-order valence-electron chi connectivity index (χ2n) is 8.47. The Hall–Kier alpha value is -2.44. The molecule has 0 spiro atoms. The standard InChI is InChI=1S/C27H27F3INO5S2/c1-22-12-16-26(17-13-22)38(33,34)32-21-19-24(15-14-23-8-4-2-5-9-23)18-20-31(25-10-6-3-7-11-25)37-39(35,36)27(28,29)30/h2-13,16-17,24,32H,14-15,19,21H2,1H3. The Bertz CT molecular complexity index is 1490. The van der Waals surface area contributed by atoms with Crippen molar-refractivity contribution in [2.24, 2.45) is 5.92 Å². The molecular weight excluding hydrogens is 666 g/mol. The molecule has 39 heavy (non-hydrogen) atoms. The van der Waals surface area contributed by atoms with Gasteiger partial charge in [0.2, 0.25) is 0 Å². The molecule has 0 aliphatic heterocycles. The van der Waals surface area contributed by atoms with Gasteiger partial charge < -0.3 is 0 Å². The summed E-state index contributed by atoms with van der Waals surface area (Å²) < 4.78 is 98.3. The van der Waals surface area contributed by atoms with Crippen molar-refractivity contribution in [2.75, 3.05) is 6.54 Å². The van der Waals surface area contributed by atoms with E-state index in [9.17, 15) is 30.0 Å². The Morgan fingerprint density at radius 3 is 2.05 bits per heavy atom. The van der Waals surface area contributed by atoms with E-state index in [0.717, 1.165) is 11.1 Å². The van der Waals surface area contributed by atoms with Gasteiger partial charge in [0.05, 0.1) is 0 Å². The van der Waals surface area contributed by atoms with Crippen LogP contribution in [0.1, 0.15) is 24.0 Å². The van der Waals surface area contributed by atoms with Crippen LogP contribution in [-0.4, -0.2) is 28.9 Å². The van der Waals surface area contributed by atoms with Gasteiger partial charge in [-0.25, -0.2) is 0 Å².